The van der Waals surface area contributed by atoms with Crippen LogP contribution in [0.2, 0.25) is 4.34 Å². The topological polar surface area (TPSA) is 15.7 Å². The van der Waals surface area contributed by atoms with Gasteiger partial charge in [-0.3, -0.25) is 4.90 Å². The Bertz CT molecular complexity index is 546. The molecule has 0 spiro atoms. The molecule has 0 amide bonds. The number of hydrogen-bond donors (Lipinski definition) is 0. The van der Waals surface area contributed by atoms with Crippen molar-refractivity contribution in [3.05, 3.63) is 21.3 Å². The van der Waals surface area contributed by atoms with Crippen molar-refractivity contribution in [2.45, 2.75) is 70.1 Å². The quantitative estimate of drug-likeness (QED) is 0.642. The van der Waals surface area contributed by atoms with Gasteiger partial charge in [-0.15, -0.1) is 11.3 Å². The molecule has 2 aliphatic heterocycles. The molecule has 26 heavy (non-hydrogen) atoms. The summed E-state index contributed by atoms with van der Waals surface area (Å²) in [5.41, 5.74) is 0. The normalized spacial score (nSPS) is 26.3. The molecule has 3 aliphatic rings. The summed E-state index contributed by atoms with van der Waals surface area (Å²) in [4.78, 5) is 6.82. The number of nitrogens with zero attached hydrogens (tertiary/aromatic N) is 2. The van der Waals surface area contributed by atoms with Gasteiger partial charge in [0.2, 0.25) is 0 Å². The van der Waals surface area contributed by atoms with Crippen LogP contribution in [0.4, 0.5) is 0 Å². The lowest BCUT2D eigenvalue weighted by Crippen LogP contribution is -2.43. The minimum Gasteiger partial charge on any atom is -0.377 e. The number of thiophene rings is 1. The highest BCUT2D eigenvalue weighted by Gasteiger charge is 2.29. The molecule has 0 N–H and O–H groups in total. The lowest BCUT2D eigenvalue weighted by Gasteiger charge is -2.38. The monoisotopic (exact) mass is 396 g/mol. The Kier molecular flexibility index (Phi) is 6.93. The average Bonchev–Trinajstić information content (AvgIpc) is 3.39. The van der Waals surface area contributed by atoms with E-state index >= 15 is 0 Å². The highest BCUT2D eigenvalue weighted by Crippen LogP contribution is 2.29. The van der Waals surface area contributed by atoms with E-state index < -0.39 is 0 Å². The second kappa shape index (κ2) is 9.38. The van der Waals surface area contributed by atoms with Crippen molar-refractivity contribution in [2.24, 2.45) is 5.92 Å². The fourth-order valence-electron chi connectivity index (χ4n) is 5.07. The number of ether oxygens (including phenoxy) is 1. The SMILES string of the molecule is Clc1ccc(CN(CC2CCN(C3CCCC3)CC2)C[C@H]2CCCO2)s1. The third kappa shape index (κ3) is 5.23. The largest absolute Gasteiger partial charge is 0.377 e. The molecule has 1 aliphatic carbocycles. The Hall–Kier alpha value is -0.130. The fraction of sp³-hybridized carbons (Fsp3) is 0.810. The number of piperidine rings is 1. The Morgan fingerprint density at radius 2 is 1.85 bits per heavy atom. The Morgan fingerprint density at radius 3 is 2.50 bits per heavy atom. The van der Waals surface area contributed by atoms with Crippen LogP contribution in [-0.2, 0) is 11.3 Å². The van der Waals surface area contributed by atoms with Gasteiger partial charge in [0, 0.05) is 37.2 Å². The first kappa shape index (κ1) is 19.2. The van der Waals surface area contributed by atoms with Gasteiger partial charge in [0.05, 0.1) is 10.4 Å². The van der Waals surface area contributed by atoms with Crippen LogP contribution in [0.3, 0.4) is 0 Å². The third-order valence-electron chi connectivity index (χ3n) is 6.50. The van der Waals surface area contributed by atoms with E-state index in [1.54, 1.807) is 11.3 Å². The second-order valence-corrected chi connectivity index (χ2v) is 10.3. The molecule has 3 fully saturated rings. The van der Waals surface area contributed by atoms with Crippen LogP contribution < -0.4 is 0 Å². The summed E-state index contributed by atoms with van der Waals surface area (Å²) in [7, 11) is 0. The van der Waals surface area contributed by atoms with Gasteiger partial charge in [0.25, 0.3) is 0 Å². The number of likely N-dealkylation sites (tertiary alicyclic amines) is 1. The third-order valence-corrected chi connectivity index (χ3v) is 7.72. The molecule has 1 aromatic rings. The zero-order valence-corrected chi connectivity index (χ0v) is 17.4. The summed E-state index contributed by atoms with van der Waals surface area (Å²) in [5, 5.41) is 0. The van der Waals surface area contributed by atoms with E-state index in [0.717, 1.165) is 36.0 Å². The minimum absolute atomic E-state index is 0.434. The van der Waals surface area contributed by atoms with Crippen molar-refractivity contribution in [2.75, 3.05) is 32.8 Å². The first-order valence-corrected chi connectivity index (χ1v) is 11.8. The van der Waals surface area contributed by atoms with Crippen LogP contribution >= 0.6 is 22.9 Å². The molecule has 3 nitrogen and oxygen atoms in total. The number of rotatable bonds is 7. The van der Waals surface area contributed by atoms with Crippen LogP contribution in [0, 0.1) is 5.92 Å². The van der Waals surface area contributed by atoms with E-state index in [2.05, 4.69) is 15.9 Å². The van der Waals surface area contributed by atoms with Gasteiger partial charge in [0.15, 0.2) is 0 Å². The van der Waals surface area contributed by atoms with E-state index in [4.69, 9.17) is 16.3 Å². The van der Waals surface area contributed by atoms with Gasteiger partial charge < -0.3 is 9.64 Å². The highest BCUT2D eigenvalue weighted by molar-refractivity contribution is 7.16. The Labute approximate surface area is 167 Å². The predicted octanol–water partition coefficient (Wildman–Crippen LogP) is 5.04. The second-order valence-electron chi connectivity index (χ2n) is 8.45. The molecule has 3 heterocycles. The standard InChI is InChI=1S/C21H33ClN2OS/c22-21-8-7-20(26-21)16-23(15-19-6-3-13-25-19)14-17-9-11-24(12-10-17)18-4-1-2-5-18/h7-8,17-19H,1-6,9-16H2/t19-/m1/s1. The highest BCUT2D eigenvalue weighted by atomic mass is 35.5. The first-order chi connectivity index (χ1) is 12.8. The Morgan fingerprint density at radius 1 is 1.04 bits per heavy atom. The van der Waals surface area contributed by atoms with Crippen LogP contribution in [0.5, 0.6) is 0 Å². The fourth-order valence-corrected chi connectivity index (χ4v) is 6.20. The smallest absolute Gasteiger partial charge is 0.0931 e. The van der Waals surface area contributed by atoms with E-state index in [1.165, 1.54) is 75.9 Å². The molecule has 0 unspecified atom stereocenters. The lowest BCUT2D eigenvalue weighted by molar-refractivity contribution is 0.0544. The summed E-state index contributed by atoms with van der Waals surface area (Å²) < 4.78 is 6.83. The van der Waals surface area contributed by atoms with Gasteiger partial charge in [-0.25, -0.2) is 0 Å². The predicted molar refractivity (Wildman–Crippen MR) is 110 cm³/mol. The molecular weight excluding hydrogens is 364 g/mol. The molecule has 4 rings (SSSR count). The molecular formula is C21H33ClN2OS. The van der Waals surface area contributed by atoms with Gasteiger partial charge in [-0.05, 0) is 69.7 Å². The van der Waals surface area contributed by atoms with Crippen molar-refractivity contribution in [1.82, 2.24) is 9.80 Å². The van der Waals surface area contributed by atoms with E-state index in [-0.39, 0.29) is 0 Å². The molecule has 1 aromatic heterocycles. The van der Waals surface area contributed by atoms with Gasteiger partial charge in [0.1, 0.15) is 0 Å². The van der Waals surface area contributed by atoms with Crippen LogP contribution in [0.1, 0.15) is 56.2 Å². The average molecular weight is 397 g/mol. The van der Waals surface area contributed by atoms with Crippen molar-refractivity contribution >= 4 is 22.9 Å². The zero-order chi connectivity index (χ0) is 17.8. The molecule has 2 saturated heterocycles. The molecule has 0 aromatic carbocycles. The number of halogens is 1. The molecule has 1 saturated carbocycles. The van der Waals surface area contributed by atoms with Gasteiger partial charge in [-0.2, -0.15) is 0 Å². The Balaban J connectivity index is 1.30. The van der Waals surface area contributed by atoms with Gasteiger partial charge >= 0.3 is 0 Å². The minimum atomic E-state index is 0.434. The van der Waals surface area contributed by atoms with Gasteiger partial charge in [-0.1, -0.05) is 24.4 Å². The van der Waals surface area contributed by atoms with Crippen molar-refractivity contribution in [1.29, 1.82) is 0 Å². The summed E-state index contributed by atoms with van der Waals surface area (Å²) in [6.45, 7) is 6.90. The zero-order valence-electron chi connectivity index (χ0n) is 15.9. The molecule has 0 bridgehead atoms. The number of hydrogen-bond acceptors (Lipinski definition) is 4. The summed E-state index contributed by atoms with van der Waals surface area (Å²) in [5.74, 6) is 0.837. The van der Waals surface area contributed by atoms with Crippen LogP contribution in [-0.4, -0.2) is 54.7 Å². The van der Waals surface area contributed by atoms with E-state index in [1.807, 2.05) is 6.07 Å². The van der Waals surface area contributed by atoms with E-state index in [0.29, 0.717) is 6.10 Å². The summed E-state index contributed by atoms with van der Waals surface area (Å²) in [6.07, 6.45) is 11.4. The maximum atomic E-state index is 6.15. The van der Waals surface area contributed by atoms with Crippen molar-refractivity contribution < 1.29 is 4.74 Å². The molecule has 0 radical (unpaired) electrons. The summed E-state index contributed by atoms with van der Waals surface area (Å²) in [6, 6.07) is 5.12. The summed E-state index contributed by atoms with van der Waals surface area (Å²) >= 11 is 7.88. The first-order valence-electron chi connectivity index (χ1n) is 10.6. The molecule has 146 valence electrons. The lowest BCUT2D eigenvalue weighted by atomic mass is 9.94. The van der Waals surface area contributed by atoms with Crippen molar-refractivity contribution in [3.8, 4) is 0 Å². The maximum Gasteiger partial charge on any atom is 0.0931 e. The van der Waals surface area contributed by atoms with Crippen LogP contribution in [0.25, 0.3) is 0 Å². The van der Waals surface area contributed by atoms with E-state index in [9.17, 15) is 0 Å². The van der Waals surface area contributed by atoms with Crippen molar-refractivity contribution in [3.63, 3.8) is 0 Å². The molecule has 5 heteroatoms. The molecule has 1 atom stereocenters. The maximum absolute atomic E-state index is 6.15. The van der Waals surface area contributed by atoms with Crippen LogP contribution in [0.15, 0.2) is 12.1 Å².